The Bertz CT molecular complexity index is 1850. The number of thioether (sulfide) groups is 1. The first-order valence-electron chi connectivity index (χ1n) is 13.9. The monoisotopic (exact) mass is 675 g/mol. The molecule has 1 aliphatic heterocycles. The first kappa shape index (κ1) is 32.6. The maximum absolute atomic E-state index is 13.6. The second-order valence-electron chi connectivity index (χ2n) is 9.94. The Labute approximate surface area is 279 Å². The van der Waals surface area contributed by atoms with E-state index in [-0.39, 0.29) is 29.0 Å². The highest BCUT2D eigenvalue weighted by Gasteiger charge is 2.40. The van der Waals surface area contributed by atoms with Crippen molar-refractivity contribution >= 4 is 76.0 Å². The van der Waals surface area contributed by atoms with Crippen molar-refractivity contribution in [2.45, 2.75) is 16.6 Å². The molecule has 1 aliphatic rings. The van der Waals surface area contributed by atoms with Crippen molar-refractivity contribution in [1.82, 2.24) is 5.32 Å². The van der Waals surface area contributed by atoms with Gasteiger partial charge in [0, 0.05) is 28.1 Å². The van der Waals surface area contributed by atoms with Gasteiger partial charge >= 0.3 is 0 Å². The minimum Gasteiger partial charge on any atom is -0.497 e. The Balaban J connectivity index is 1.37. The van der Waals surface area contributed by atoms with Crippen molar-refractivity contribution in [2.75, 3.05) is 24.4 Å². The summed E-state index contributed by atoms with van der Waals surface area (Å²) >= 11 is 13.3. The van der Waals surface area contributed by atoms with Gasteiger partial charge in [0.1, 0.15) is 17.2 Å². The number of nitrogens with zero attached hydrogens (tertiary/aromatic N) is 1. The van der Waals surface area contributed by atoms with E-state index in [4.69, 9.17) is 32.7 Å². The summed E-state index contributed by atoms with van der Waals surface area (Å²) in [6.45, 7) is 0. The summed E-state index contributed by atoms with van der Waals surface area (Å²) in [6, 6.07) is 25.0. The zero-order chi connectivity index (χ0) is 32.8. The van der Waals surface area contributed by atoms with Crippen LogP contribution in [0.25, 0.3) is 6.08 Å². The molecule has 0 aromatic heterocycles. The van der Waals surface area contributed by atoms with E-state index in [9.17, 15) is 19.2 Å². The quantitative estimate of drug-likeness (QED) is 0.140. The number of imide groups is 1. The number of nitrogens with one attached hydrogen (secondary N) is 2. The third kappa shape index (κ3) is 7.54. The van der Waals surface area contributed by atoms with E-state index in [1.807, 2.05) is 0 Å². The molecule has 4 aromatic rings. The zero-order valence-electron chi connectivity index (χ0n) is 24.6. The van der Waals surface area contributed by atoms with Crippen LogP contribution in [0.2, 0.25) is 10.0 Å². The van der Waals surface area contributed by atoms with Crippen LogP contribution >= 0.6 is 35.0 Å². The van der Waals surface area contributed by atoms with Crippen LogP contribution in [0.15, 0.2) is 102 Å². The number of carbonyl (C=O) groups excluding carboxylic acids is 4. The zero-order valence-corrected chi connectivity index (χ0v) is 26.9. The van der Waals surface area contributed by atoms with Gasteiger partial charge < -0.3 is 20.1 Å². The summed E-state index contributed by atoms with van der Waals surface area (Å²) in [4.78, 5) is 54.5. The Kier molecular flexibility index (Phi) is 10.3. The van der Waals surface area contributed by atoms with Crippen molar-refractivity contribution in [1.29, 1.82) is 0 Å². The van der Waals surface area contributed by atoms with Gasteiger partial charge in [-0.1, -0.05) is 47.5 Å². The first-order valence-corrected chi connectivity index (χ1v) is 15.5. The topological polar surface area (TPSA) is 114 Å². The third-order valence-electron chi connectivity index (χ3n) is 6.90. The lowest BCUT2D eigenvalue weighted by atomic mass is 10.1. The molecule has 4 amide bonds. The van der Waals surface area contributed by atoms with Crippen LogP contribution in [-0.2, 0) is 14.4 Å². The maximum Gasteiger partial charge on any atom is 0.272 e. The molecule has 1 fully saturated rings. The fourth-order valence-corrected chi connectivity index (χ4v) is 6.06. The lowest BCUT2D eigenvalue weighted by molar-refractivity contribution is -0.121. The number of benzene rings is 4. The Morgan fingerprint density at radius 3 is 2.39 bits per heavy atom. The van der Waals surface area contributed by atoms with Crippen molar-refractivity contribution in [2.24, 2.45) is 0 Å². The lowest BCUT2D eigenvalue weighted by Crippen LogP contribution is -2.31. The Hall–Kier alpha value is -4.77. The molecule has 0 aliphatic carbocycles. The molecule has 0 bridgehead atoms. The molecule has 1 heterocycles. The van der Waals surface area contributed by atoms with Gasteiger partial charge in [-0.25, -0.2) is 4.90 Å². The second-order valence-corrected chi connectivity index (χ2v) is 12.0. The summed E-state index contributed by atoms with van der Waals surface area (Å²) in [7, 11) is 3.02. The number of anilines is 2. The summed E-state index contributed by atoms with van der Waals surface area (Å²) in [5, 5.41) is 5.39. The van der Waals surface area contributed by atoms with Gasteiger partial charge in [0.05, 0.1) is 35.2 Å². The molecule has 1 atom stereocenters. The van der Waals surface area contributed by atoms with Crippen LogP contribution in [0, 0.1) is 0 Å². The van der Waals surface area contributed by atoms with Gasteiger partial charge in [0.15, 0.2) is 0 Å². The SMILES string of the molecule is COc1ccc(OC)c(C=C(NC(=O)c2ccccc2)C(=O)Nc2cccc(SC3CC(=O)N(c4ccc(Cl)c(Cl)c4)C3=O)c2)c1. The van der Waals surface area contributed by atoms with Gasteiger partial charge in [0.2, 0.25) is 11.8 Å². The number of halogens is 2. The average molecular weight is 677 g/mol. The molecule has 1 unspecified atom stereocenters. The number of ether oxygens (including phenoxy) is 2. The van der Waals surface area contributed by atoms with Crippen LogP contribution in [-0.4, -0.2) is 43.1 Å². The van der Waals surface area contributed by atoms with Crippen LogP contribution in [0.5, 0.6) is 11.5 Å². The molecule has 12 heteroatoms. The summed E-state index contributed by atoms with van der Waals surface area (Å²) in [5.74, 6) is -0.836. The molecular formula is C34H27Cl2N3O6S. The fourth-order valence-electron chi connectivity index (χ4n) is 4.65. The molecule has 1 saturated heterocycles. The van der Waals surface area contributed by atoms with Crippen LogP contribution in [0.1, 0.15) is 22.3 Å². The summed E-state index contributed by atoms with van der Waals surface area (Å²) in [6.07, 6.45) is 1.48. The number of rotatable bonds is 10. The highest BCUT2D eigenvalue weighted by atomic mass is 35.5. The Morgan fingerprint density at radius 2 is 1.67 bits per heavy atom. The highest BCUT2D eigenvalue weighted by molar-refractivity contribution is 8.00. The first-order chi connectivity index (χ1) is 22.2. The predicted octanol–water partition coefficient (Wildman–Crippen LogP) is 6.84. The largest absolute Gasteiger partial charge is 0.497 e. The van der Waals surface area contributed by atoms with E-state index in [2.05, 4.69) is 10.6 Å². The van der Waals surface area contributed by atoms with E-state index in [1.165, 1.54) is 44.2 Å². The minimum absolute atomic E-state index is 0.0128. The molecular weight excluding hydrogens is 649 g/mol. The van der Waals surface area contributed by atoms with Crippen LogP contribution < -0.4 is 25.0 Å². The standard InChI is InChI=1S/C34H27Cl2N3O6S/c1-44-24-12-14-29(45-2)21(15-24)16-28(38-32(41)20-7-4-3-5-8-20)33(42)37-22-9-6-10-25(17-22)46-30-19-31(40)39(34(30)43)23-11-13-26(35)27(36)18-23/h3-18,30H,19H2,1-2H3,(H,37,42)(H,38,41). The number of hydrogen-bond donors (Lipinski definition) is 2. The van der Waals surface area contributed by atoms with Crippen LogP contribution in [0.4, 0.5) is 11.4 Å². The molecule has 0 radical (unpaired) electrons. The molecule has 0 saturated carbocycles. The Morgan fingerprint density at radius 1 is 0.891 bits per heavy atom. The summed E-state index contributed by atoms with van der Waals surface area (Å²) in [5.41, 5.74) is 1.57. The fraction of sp³-hybridized carbons (Fsp3) is 0.118. The molecule has 5 rings (SSSR count). The van der Waals surface area contributed by atoms with Gasteiger partial charge in [-0.3, -0.25) is 19.2 Å². The number of carbonyl (C=O) groups is 4. The molecule has 2 N–H and O–H groups in total. The summed E-state index contributed by atoms with van der Waals surface area (Å²) < 4.78 is 10.8. The number of amides is 4. The predicted molar refractivity (Wildman–Crippen MR) is 180 cm³/mol. The van der Waals surface area contributed by atoms with Crippen molar-refractivity contribution in [3.8, 4) is 11.5 Å². The van der Waals surface area contributed by atoms with Crippen molar-refractivity contribution in [3.63, 3.8) is 0 Å². The van der Waals surface area contributed by atoms with E-state index in [0.29, 0.717) is 43.9 Å². The van der Waals surface area contributed by atoms with E-state index < -0.39 is 17.1 Å². The van der Waals surface area contributed by atoms with Crippen molar-refractivity contribution in [3.05, 3.63) is 118 Å². The maximum atomic E-state index is 13.6. The van der Waals surface area contributed by atoms with Gasteiger partial charge in [0.25, 0.3) is 11.8 Å². The molecule has 46 heavy (non-hydrogen) atoms. The van der Waals surface area contributed by atoms with Gasteiger partial charge in [-0.05, 0) is 72.8 Å². The number of methoxy groups -OCH3 is 2. The lowest BCUT2D eigenvalue weighted by Gasteiger charge is -2.16. The second kappa shape index (κ2) is 14.6. The van der Waals surface area contributed by atoms with Crippen LogP contribution in [0.3, 0.4) is 0 Å². The third-order valence-corrected chi connectivity index (χ3v) is 8.82. The average Bonchev–Trinajstić information content (AvgIpc) is 3.34. The normalized spacial score (nSPS) is 14.7. The molecule has 234 valence electrons. The van der Waals surface area contributed by atoms with E-state index in [0.717, 1.165) is 4.90 Å². The smallest absolute Gasteiger partial charge is 0.272 e. The number of hydrogen-bond acceptors (Lipinski definition) is 7. The van der Waals surface area contributed by atoms with E-state index >= 15 is 0 Å². The molecule has 4 aromatic carbocycles. The molecule has 9 nitrogen and oxygen atoms in total. The van der Waals surface area contributed by atoms with Gasteiger partial charge in [-0.15, -0.1) is 11.8 Å². The van der Waals surface area contributed by atoms with Gasteiger partial charge in [-0.2, -0.15) is 0 Å². The minimum atomic E-state index is -0.686. The van der Waals surface area contributed by atoms with E-state index in [1.54, 1.807) is 78.9 Å². The molecule has 0 spiro atoms. The van der Waals surface area contributed by atoms with Crippen molar-refractivity contribution < 1.29 is 28.7 Å². The highest BCUT2D eigenvalue weighted by Crippen LogP contribution is 2.36.